The van der Waals surface area contributed by atoms with Crippen LogP contribution in [0.3, 0.4) is 0 Å². The second-order valence-corrected chi connectivity index (χ2v) is 6.30. The number of benzene rings is 1. The lowest BCUT2D eigenvalue weighted by Crippen LogP contribution is -2.36. The summed E-state index contributed by atoms with van der Waals surface area (Å²) in [7, 11) is 0. The molecule has 0 aliphatic rings. The zero-order valence-electron chi connectivity index (χ0n) is 11.5. The quantitative estimate of drug-likeness (QED) is 0.752. The maximum Gasteiger partial charge on any atom is 0.0598 e. The molecular formula is C15H21Cl2N. The smallest absolute Gasteiger partial charge is 0.0598 e. The summed E-state index contributed by atoms with van der Waals surface area (Å²) in [5.74, 6) is 0. The summed E-state index contributed by atoms with van der Waals surface area (Å²) in [6, 6.07) is 5.74. The van der Waals surface area contributed by atoms with Crippen LogP contribution in [0.2, 0.25) is 10.0 Å². The molecule has 0 spiro atoms. The minimum atomic E-state index is 0.172. The van der Waals surface area contributed by atoms with E-state index in [1.54, 1.807) is 0 Å². The molecule has 0 unspecified atom stereocenters. The van der Waals surface area contributed by atoms with Crippen molar-refractivity contribution in [3.8, 4) is 0 Å². The molecule has 1 nitrogen and oxygen atoms in total. The summed E-state index contributed by atoms with van der Waals surface area (Å²) in [4.78, 5) is 0. The normalized spacial score (nSPS) is 12.9. The van der Waals surface area contributed by atoms with Crippen molar-refractivity contribution < 1.29 is 0 Å². The third-order valence-electron chi connectivity index (χ3n) is 2.63. The first-order chi connectivity index (χ1) is 8.29. The van der Waals surface area contributed by atoms with Gasteiger partial charge in [-0.3, -0.25) is 0 Å². The van der Waals surface area contributed by atoms with Crippen molar-refractivity contribution in [1.29, 1.82) is 0 Å². The molecule has 0 fully saturated rings. The molecule has 0 radical (unpaired) electrons. The monoisotopic (exact) mass is 285 g/mol. The van der Waals surface area contributed by atoms with Crippen LogP contribution in [0.5, 0.6) is 0 Å². The first kappa shape index (κ1) is 15.6. The Morgan fingerprint density at radius 3 is 2.44 bits per heavy atom. The third kappa shape index (κ3) is 5.43. The van der Waals surface area contributed by atoms with E-state index in [0.29, 0.717) is 10.0 Å². The summed E-state index contributed by atoms with van der Waals surface area (Å²) in [5, 5.41) is 4.66. The molecule has 1 N–H and O–H groups in total. The molecule has 100 valence electrons. The maximum absolute atomic E-state index is 6.01. The number of rotatable bonds is 4. The Labute approximate surface area is 120 Å². The first-order valence-corrected chi connectivity index (χ1v) is 6.92. The van der Waals surface area contributed by atoms with Crippen LogP contribution in [0.15, 0.2) is 24.3 Å². The van der Waals surface area contributed by atoms with E-state index < -0.39 is 0 Å². The largest absolute Gasteiger partial charge is 0.312 e. The zero-order chi connectivity index (χ0) is 13.8. The summed E-state index contributed by atoms with van der Waals surface area (Å²) >= 11 is 11.9. The van der Waals surface area contributed by atoms with E-state index in [1.807, 2.05) is 18.2 Å². The SMILES string of the molecule is CC(=CCCNC(C)(C)C)c1ccc(Cl)c(Cl)c1. The molecule has 0 saturated carbocycles. The van der Waals surface area contributed by atoms with Crippen molar-refractivity contribution in [2.75, 3.05) is 6.54 Å². The van der Waals surface area contributed by atoms with Gasteiger partial charge in [0.25, 0.3) is 0 Å². The predicted molar refractivity (Wildman–Crippen MR) is 82.5 cm³/mol. The Balaban J connectivity index is 2.58. The van der Waals surface area contributed by atoms with E-state index in [9.17, 15) is 0 Å². The fourth-order valence-electron chi connectivity index (χ4n) is 1.60. The number of hydrogen-bond acceptors (Lipinski definition) is 1. The number of nitrogens with one attached hydrogen (secondary N) is 1. The molecule has 18 heavy (non-hydrogen) atoms. The van der Waals surface area contributed by atoms with Gasteiger partial charge in [0.1, 0.15) is 0 Å². The molecule has 0 bridgehead atoms. The molecular weight excluding hydrogens is 265 g/mol. The summed E-state index contributed by atoms with van der Waals surface area (Å²) in [6.45, 7) is 9.58. The molecule has 0 heterocycles. The molecule has 0 amide bonds. The van der Waals surface area contributed by atoms with Crippen LogP contribution < -0.4 is 5.32 Å². The van der Waals surface area contributed by atoms with Crippen molar-refractivity contribution in [3.63, 3.8) is 0 Å². The van der Waals surface area contributed by atoms with Crippen molar-refractivity contribution in [3.05, 3.63) is 39.9 Å². The Morgan fingerprint density at radius 2 is 1.89 bits per heavy atom. The summed E-state index contributed by atoms with van der Waals surface area (Å²) in [6.07, 6.45) is 3.22. The lowest BCUT2D eigenvalue weighted by molar-refractivity contribution is 0.431. The molecule has 1 aromatic carbocycles. The second kappa shape index (κ2) is 6.60. The molecule has 0 atom stereocenters. The summed E-state index contributed by atoms with van der Waals surface area (Å²) in [5.41, 5.74) is 2.52. The topological polar surface area (TPSA) is 12.0 Å². The van der Waals surface area contributed by atoms with Gasteiger partial charge in [0.05, 0.1) is 10.0 Å². The maximum atomic E-state index is 6.01. The van der Waals surface area contributed by atoms with E-state index >= 15 is 0 Å². The Bertz CT molecular complexity index is 431. The van der Waals surface area contributed by atoms with Crippen molar-refractivity contribution in [1.82, 2.24) is 5.32 Å². The molecule has 0 aliphatic carbocycles. The first-order valence-electron chi connectivity index (χ1n) is 6.17. The van der Waals surface area contributed by atoms with Gasteiger partial charge in [0, 0.05) is 5.54 Å². The van der Waals surface area contributed by atoms with Crippen LogP contribution in [-0.4, -0.2) is 12.1 Å². The highest BCUT2D eigenvalue weighted by Crippen LogP contribution is 2.26. The van der Waals surface area contributed by atoms with Gasteiger partial charge in [-0.25, -0.2) is 0 Å². The highest BCUT2D eigenvalue weighted by Gasteiger charge is 2.06. The van der Waals surface area contributed by atoms with Gasteiger partial charge in [-0.05, 0) is 63.9 Å². The van der Waals surface area contributed by atoms with Crippen molar-refractivity contribution in [2.24, 2.45) is 0 Å². The van der Waals surface area contributed by atoms with Crippen molar-refractivity contribution >= 4 is 28.8 Å². The molecule has 0 aromatic heterocycles. The molecule has 0 saturated heterocycles. The lowest BCUT2D eigenvalue weighted by Gasteiger charge is -2.19. The van der Waals surface area contributed by atoms with Crippen LogP contribution in [0.4, 0.5) is 0 Å². The van der Waals surface area contributed by atoms with Crippen molar-refractivity contribution in [2.45, 2.75) is 39.7 Å². The van der Waals surface area contributed by atoms with Crippen LogP contribution >= 0.6 is 23.2 Å². The van der Waals surface area contributed by atoms with Crippen LogP contribution in [0, 0.1) is 0 Å². The predicted octanol–water partition coefficient (Wildman–Crippen LogP) is 5.17. The van der Waals surface area contributed by atoms with E-state index in [2.05, 4.69) is 39.1 Å². The Hall–Kier alpha value is -0.500. The number of halogens is 2. The Kier molecular flexibility index (Phi) is 5.71. The number of hydrogen-bond donors (Lipinski definition) is 1. The minimum Gasteiger partial charge on any atom is -0.312 e. The minimum absolute atomic E-state index is 0.172. The zero-order valence-corrected chi connectivity index (χ0v) is 13.0. The fourth-order valence-corrected chi connectivity index (χ4v) is 1.89. The van der Waals surface area contributed by atoms with Gasteiger partial charge in [0.2, 0.25) is 0 Å². The highest BCUT2D eigenvalue weighted by atomic mass is 35.5. The van der Waals surface area contributed by atoms with E-state index in [-0.39, 0.29) is 5.54 Å². The fraction of sp³-hybridized carbons (Fsp3) is 0.467. The van der Waals surface area contributed by atoms with Gasteiger partial charge in [-0.15, -0.1) is 0 Å². The molecule has 1 aromatic rings. The van der Waals surface area contributed by atoms with Gasteiger partial charge < -0.3 is 5.32 Å². The second-order valence-electron chi connectivity index (χ2n) is 5.48. The average molecular weight is 286 g/mol. The van der Waals surface area contributed by atoms with Crippen LogP contribution in [0.25, 0.3) is 5.57 Å². The number of allylic oxidation sites excluding steroid dienone is 1. The van der Waals surface area contributed by atoms with E-state index in [0.717, 1.165) is 18.5 Å². The van der Waals surface area contributed by atoms with Crippen LogP contribution in [0.1, 0.15) is 39.7 Å². The average Bonchev–Trinajstić information content (AvgIpc) is 2.26. The van der Waals surface area contributed by atoms with Gasteiger partial charge in [-0.1, -0.05) is 35.3 Å². The lowest BCUT2D eigenvalue weighted by atomic mass is 10.1. The van der Waals surface area contributed by atoms with Crippen LogP contribution in [-0.2, 0) is 0 Å². The van der Waals surface area contributed by atoms with Gasteiger partial charge in [0.15, 0.2) is 0 Å². The third-order valence-corrected chi connectivity index (χ3v) is 3.36. The van der Waals surface area contributed by atoms with Gasteiger partial charge >= 0.3 is 0 Å². The molecule has 1 rings (SSSR count). The molecule has 0 aliphatic heterocycles. The summed E-state index contributed by atoms with van der Waals surface area (Å²) < 4.78 is 0. The molecule has 3 heteroatoms. The highest BCUT2D eigenvalue weighted by molar-refractivity contribution is 6.42. The van der Waals surface area contributed by atoms with E-state index in [1.165, 1.54) is 5.57 Å². The van der Waals surface area contributed by atoms with E-state index in [4.69, 9.17) is 23.2 Å². The van der Waals surface area contributed by atoms with Gasteiger partial charge in [-0.2, -0.15) is 0 Å². The Morgan fingerprint density at radius 1 is 1.22 bits per heavy atom. The standard InChI is InChI=1S/C15H21Cl2N/c1-11(6-5-9-18-15(2,3)4)12-7-8-13(16)14(17)10-12/h6-8,10,18H,5,9H2,1-4H3.